The number of alkyl carbamates (subject to hydrolysis) is 1. The van der Waals surface area contributed by atoms with Crippen LogP contribution in [0.25, 0.3) is 6.08 Å². The number of esters is 1. The molecule has 0 aliphatic carbocycles. The molecule has 0 aromatic carbocycles. The van der Waals surface area contributed by atoms with Gasteiger partial charge in [0, 0.05) is 17.9 Å². The van der Waals surface area contributed by atoms with Gasteiger partial charge in [-0.2, -0.15) is 0 Å². The van der Waals surface area contributed by atoms with Crippen molar-refractivity contribution in [2.24, 2.45) is 0 Å². The maximum atomic E-state index is 11.9. The van der Waals surface area contributed by atoms with Crippen molar-refractivity contribution in [1.82, 2.24) is 10.3 Å². The molecular weight excluding hydrogens is 296 g/mol. The first-order chi connectivity index (χ1) is 10.7. The Balaban J connectivity index is 2.66. The van der Waals surface area contributed by atoms with Gasteiger partial charge in [0.25, 0.3) is 0 Å². The minimum Gasteiger partial charge on any atom is -0.462 e. The van der Waals surface area contributed by atoms with Crippen LogP contribution in [0.1, 0.15) is 55.0 Å². The topological polar surface area (TPSA) is 80.4 Å². The fourth-order valence-corrected chi connectivity index (χ4v) is 2.08. The number of carbonyl (C=O) groups is 2. The molecular formula is C17H26N2O4. The monoisotopic (exact) mass is 322 g/mol. The van der Waals surface area contributed by atoms with Crippen LogP contribution in [0.2, 0.25) is 0 Å². The van der Waals surface area contributed by atoms with Crippen LogP contribution in [0.15, 0.2) is 6.08 Å². The molecule has 0 aliphatic rings. The van der Waals surface area contributed by atoms with Gasteiger partial charge >= 0.3 is 12.1 Å². The standard InChI is InChI=1S/C17H26N2O4/c1-7-22-15(20)14-11(2)13(19-12(14)3)9-8-10-18-16(21)23-17(4,5)6/h8-9,19H,7,10H2,1-6H3,(H,18,21). The quantitative estimate of drug-likeness (QED) is 0.815. The average molecular weight is 322 g/mol. The number of amides is 1. The Hall–Kier alpha value is -2.24. The first-order valence-electron chi connectivity index (χ1n) is 7.65. The lowest BCUT2D eigenvalue weighted by Gasteiger charge is -2.19. The maximum absolute atomic E-state index is 11.9. The van der Waals surface area contributed by atoms with E-state index in [1.54, 1.807) is 13.0 Å². The summed E-state index contributed by atoms with van der Waals surface area (Å²) < 4.78 is 10.2. The van der Waals surface area contributed by atoms with Gasteiger partial charge in [0.1, 0.15) is 5.60 Å². The highest BCUT2D eigenvalue weighted by Gasteiger charge is 2.18. The van der Waals surface area contributed by atoms with E-state index in [1.807, 2.05) is 40.7 Å². The van der Waals surface area contributed by atoms with Crippen LogP contribution in [-0.2, 0) is 9.47 Å². The Morgan fingerprint density at radius 1 is 1.26 bits per heavy atom. The van der Waals surface area contributed by atoms with E-state index in [2.05, 4.69) is 10.3 Å². The highest BCUT2D eigenvalue weighted by Crippen LogP contribution is 2.20. The van der Waals surface area contributed by atoms with Crippen LogP contribution >= 0.6 is 0 Å². The van der Waals surface area contributed by atoms with E-state index in [0.717, 1.165) is 17.0 Å². The third kappa shape index (κ3) is 5.81. The predicted octanol–water partition coefficient (Wildman–Crippen LogP) is 3.35. The van der Waals surface area contributed by atoms with Gasteiger partial charge < -0.3 is 19.8 Å². The minimum absolute atomic E-state index is 0.328. The zero-order valence-electron chi connectivity index (χ0n) is 14.7. The van der Waals surface area contributed by atoms with Crippen LogP contribution < -0.4 is 5.32 Å². The van der Waals surface area contributed by atoms with E-state index >= 15 is 0 Å². The molecule has 0 saturated heterocycles. The van der Waals surface area contributed by atoms with Gasteiger partial charge in [0.05, 0.1) is 12.2 Å². The predicted molar refractivity (Wildman–Crippen MR) is 89.5 cm³/mol. The van der Waals surface area contributed by atoms with Crippen LogP contribution in [0.5, 0.6) is 0 Å². The van der Waals surface area contributed by atoms with E-state index in [9.17, 15) is 9.59 Å². The maximum Gasteiger partial charge on any atom is 0.407 e. The Labute approximate surface area is 137 Å². The second-order valence-electron chi connectivity index (χ2n) is 6.17. The number of H-pyrrole nitrogens is 1. The number of aromatic nitrogens is 1. The van der Waals surface area contributed by atoms with E-state index in [0.29, 0.717) is 18.7 Å². The molecule has 0 radical (unpaired) electrons. The number of aryl methyl sites for hydroxylation is 1. The number of carbonyl (C=O) groups excluding carboxylic acids is 2. The third-order valence-corrected chi connectivity index (χ3v) is 3.00. The second-order valence-corrected chi connectivity index (χ2v) is 6.17. The number of hydrogen-bond acceptors (Lipinski definition) is 4. The number of rotatable bonds is 5. The van der Waals surface area contributed by atoms with Crippen molar-refractivity contribution in [1.29, 1.82) is 0 Å². The number of nitrogens with one attached hydrogen (secondary N) is 2. The Morgan fingerprint density at radius 2 is 1.91 bits per heavy atom. The average Bonchev–Trinajstić information content (AvgIpc) is 2.68. The fraction of sp³-hybridized carbons (Fsp3) is 0.529. The summed E-state index contributed by atoms with van der Waals surface area (Å²) in [4.78, 5) is 26.6. The minimum atomic E-state index is -0.518. The summed E-state index contributed by atoms with van der Waals surface area (Å²) in [5.41, 5.74) is 2.45. The largest absolute Gasteiger partial charge is 0.462 e. The molecule has 1 heterocycles. The van der Waals surface area contributed by atoms with Crippen molar-refractivity contribution < 1.29 is 19.1 Å². The van der Waals surface area contributed by atoms with Gasteiger partial charge in [-0.25, -0.2) is 9.59 Å². The van der Waals surface area contributed by atoms with Gasteiger partial charge in [-0.05, 0) is 53.2 Å². The molecule has 0 bridgehead atoms. The summed E-state index contributed by atoms with van der Waals surface area (Å²) in [5, 5.41) is 2.64. The number of ether oxygens (including phenoxy) is 2. The number of aromatic amines is 1. The molecule has 6 heteroatoms. The molecule has 6 nitrogen and oxygen atoms in total. The first-order valence-corrected chi connectivity index (χ1v) is 7.65. The van der Waals surface area contributed by atoms with Gasteiger partial charge in [-0.3, -0.25) is 0 Å². The molecule has 23 heavy (non-hydrogen) atoms. The van der Waals surface area contributed by atoms with Gasteiger partial charge in [0.15, 0.2) is 0 Å². The lowest BCUT2D eigenvalue weighted by molar-refractivity contribution is 0.0518. The zero-order chi connectivity index (χ0) is 17.6. The van der Waals surface area contributed by atoms with Crippen LogP contribution in [0.3, 0.4) is 0 Å². The second kappa shape index (κ2) is 7.85. The molecule has 128 valence electrons. The summed E-state index contributed by atoms with van der Waals surface area (Å²) in [6.45, 7) is 11.6. The summed E-state index contributed by atoms with van der Waals surface area (Å²) in [5.74, 6) is -0.328. The van der Waals surface area contributed by atoms with E-state index < -0.39 is 11.7 Å². The molecule has 1 aromatic heterocycles. The molecule has 0 atom stereocenters. The normalized spacial score (nSPS) is 11.6. The highest BCUT2D eigenvalue weighted by molar-refractivity contribution is 5.93. The van der Waals surface area contributed by atoms with E-state index in [1.165, 1.54) is 0 Å². The van der Waals surface area contributed by atoms with Gasteiger partial charge in [-0.15, -0.1) is 0 Å². The summed E-state index contributed by atoms with van der Waals surface area (Å²) in [6, 6.07) is 0. The first kappa shape index (κ1) is 18.8. The van der Waals surface area contributed by atoms with Crippen molar-refractivity contribution in [3.63, 3.8) is 0 Å². The highest BCUT2D eigenvalue weighted by atomic mass is 16.6. The molecule has 1 amide bonds. The van der Waals surface area contributed by atoms with Gasteiger partial charge in [-0.1, -0.05) is 6.08 Å². The van der Waals surface area contributed by atoms with Crippen molar-refractivity contribution in [2.75, 3.05) is 13.2 Å². The fourth-order valence-electron chi connectivity index (χ4n) is 2.08. The molecule has 0 fully saturated rings. The van der Waals surface area contributed by atoms with Crippen LogP contribution in [0.4, 0.5) is 4.79 Å². The van der Waals surface area contributed by atoms with Crippen molar-refractivity contribution in [3.05, 3.63) is 28.6 Å². The van der Waals surface area contributed by atoms with Crippen molar-refractivity contribution in [2.45, 2.75) is 47.1 Å². The lowest BCUT2D eigenvalue weighted by atomic mass is 10.1. The molecule has 1 rings (SSSR count). The zero-order valence-corrected chi connectivity index (χ0v) is 14.7. The summed E-state index contributed by atoms with van der Waals surface area (Å²) >= 11 is 0. The Kier molecular flexibility index (Phi) is 6.42. The molecule has 0 saturated carbocycles. The SMILES string of the molecule is CCOC(=O)c1c(C)[nH]c(C=CCNC(=O)OC(C)(C)C)c1C. The van der Waals surface area contributed by atoms with Crippen molar-refractivity contribution in [3.8, 4) is 0 Å². The Morgan fingerprint density at radius 3 is 2.48 bits per heavy atom. The number of hydrogen-bond donors (Lipinski definition) is 2. The van der Waals surface area contributed by atoms with Gasteiger partial charge in [0.2, 0.25) is 0 Å². The van der Waals surface area contributed by atoms with Crippen molar-refractivity contribution >= 4 is 18.1 Å². The van der Waals surface area contributed by atoms with Crippen LogP contribution in [0, 0.1) is 13.8 Å². The Bertz CT molecular complexity index is 594. The smallest absolute Gasteiger partial charge is 0.407 e. The summed E-state index contributed by atoms with van der Waals surface area (Å²) in [6.07, 6.45) is 3.15. The molecule has 0 unspecified atom stereocenters. The van der Waals surface area contributed by atoms with E-state index in [-0.39, 0.29) is 5.97 Å². The molecule has 2 N–H and O–H groups in total. The lowest BCUT2D eigenvalue weighted by Crippen LogP contribution is -2.32. The molecule has 0 aliphatic heterocycles. The van der Waals surface area contributed by atoms with E-state index in [4.69, 9.17) is 9.47 Å². The summed E-state index contributed by atoms with van der Waals surface area (Å²) in [7, 11) is 0. The van der Waals surface area contributed by atoms with Crippen LogP contribution in [-0.4, -0.2) is 35.8 Å². The molecule has 0 spiro atoms. The third-order valence-electron chi connectivity index (χ3n) is 3.00. The molecule has 1 aromatic rings.